The van der Waals surface area contributed by atoms with Crippen LogP contribution in [0.3, 0.4) is 0 Å². The predicted octanol–water partition coefficient (Wildman–Crippen LogP) is 4.20. The standard InChI is InChI=1S/C24H23N5O2S/c1-2-18(28-13-12-20(30)26-17-10-6-7-11-19(17)28)22-27-23-21(25-15-32-23)24(31)29(22)14-16-8-4-3-5-9-16/h3-11,15,18H,2,12-14H2,1H3,(H,26,30). The van der Waals surface area contributed by atoms with Gasteiger partial charge in [0.05, 0.1) is 29.5 Å². The van der Waals surface area contributed by atoms with Crippen molar-refractivity contribution in [1.29, 1.82) is 0 Å². The van der Waals surface area contributed by atoms with Crippen LogP contribution in [0.2, 0.25) is 0 Å². The SMILES string of the molecule is CCC(c1nc2scnc2c(=O)n1Cc1ccccc1)N1CCC(=O)Nc2ccccc21. The van der Waals surface area contributed by atoms with E-state index in [0.717, 1.165) is 23.4 Å². The fourth-order valence-electron chi connectivity index (χ4n) is 4.29. The highest BCUT2D eigenvalue weighted by Crippen LogP contribution is 2.36. The summed E-state index contributed by atoms with van der Waals surface area (Å²) in [7, 11) is 0. The van der Waals surface area contributed by atoms with Gasteiger partial charge < -0.3 is 10.2 Å². The molecule has 4 aromatic rings. The zero-order chi connectivity index (χ0) is 22.1. The average molecular weight is 446 g/mol. The molecule has 0 spiro atoms. The first-order valence-corrected chi connectivity index (χ1v) is 11.6. The molecule has 0 saturated carbocycles. The number of hydrogen-bond acceptors (Lipinski definition) is 6. The van der Waals surface area contributed by atoms with Crippen LogP contribution in [0.15, 0.2) is 64.9 Å². The van der Waals surface area contributed by atoms with Crippen LogP contribution in [0.5, 0.6) is 0 Å². The Balaban J connectivity index is 1.68. The highest BCUT2D eigenvalue weighted by atomic mass is 32.1. The minimum atomic E-state index is -0.174. The molecule has 8 heteroatoms. The topological polar surface area (TPSA) is 80.1 Å². The molecule has 2 aromatic carbocycles. The number of nitrogens with zero attached hydrogens (tertiary/aromatic N) is 4. The van der Waals surface area contributed by atoms with Gasteiger partial charge in [0.1, 0.15) is 5.82 Å². The molecule has 1 N–H and O–H groups in total. The molecule has 7 nitrogen and oxygen atoms in total. The molecule has 3 heterocycles. The van der Waals surface area contributed by atoms with Gasteiger partial charge in [0.25, 0.3) is 5.56 Å². The van der Waals surface area contributed by atoms with E-state index in [2.05, 4.69) is 22.1 Å². The maximum Gasteiger partial charge on any atom is 0.281 e. The number of fused-ring (bicyclic) bond motifs is 2. The van der Waals surface area contributed by atoms with Crippen LogP contribution in [0, 0.1) is 0 Å². The number of carbonyl (C=O) groups is 1. The van der Waals surface area contributed by atoms with Crippen molar-refractivity contribution in [2.24, 2.45) is 0 Å². The summed E-state index contributed by atoms with van der Waals surface area (Å²) < 4.78 is 1.74. The van der Waals surface area contributed by atoms with E-state index in [-0.39, 0.29) is 17.5 Å². The summed E-state index contributed by atoms with van der Waals surface area (Å²) in [5.74, 6) is 0.685. The molecule has 162 valence electrons. The lowest BCUT2D eigenvalue weighted by atomic mass is 10.1. The monoisotopic (exact) mass is 445 g/mol. The lowest BCUT2D eigenvalue weighted by Gasteiger charge is -2.33. The Hall–Kier alpha value is -3.52. The van der Waals surface area contributed by atoms with Gasteiger partial charge in [-0.2, -0.15) is 0 Å². The molecule has 1 atom stereocenters. The molecule has 32 heavy (non-hydrogen) atoms. The number of hydrogen-bond donors (Lipinski definition) is 1. The molecule has 1 aliphatic heterocycles. The molecule has 1 amide bonds. The van der Waals surface area contributed by atoms with Crippen molar-refractivity contribution in [2.75, 3.05) is 16.8 Å². The Morgan fingerprint density at radius 3 is 2.69 bits per heavy atom. The highest BCUT2D eigenvalue weighted by molar-refractivity contribution is 7.16. The first-order chi connectivity index (χ1) is 15.7. The molecule has 0 fully saturated rings. The van der Waals surface area contributed by atoms with E-state index in [1.165, 1.54) is 11.3 Å². The number of rotatable bonds is 5. The average Bonchev–Trinajstić information content (AvgIpc) is 3.22. The van der Waals surface area contributed by atoms with Crippen molar-refractivity contribution in [3.8, 4) is 0 Å². The number of anilines is 2. The van der Waals surface area contributed by atoms with Crippen LogP contribution in [0.4, 0.5) is 11.4 Å². The third-order valence-electron chi connectivity index (χ3n) is 5.80. The van der Waals surface area contributed by atoms with Crippen molar-refractivity contribution in [1.82, 2.24) is 14.5 Å². The van der Waals surface area contributed by atoms with Crippen molar-refractivity contribution >= 4 is 39.0 Å². The maximum absolute atomic E-state index is 13.5. The van der Waals surface area contributed by atoms with Crippen molar-refractivity contribution in [3.05, 3.63) is 81.8 Å². The highest BCUT2D eigenvalue weighted by Gasteiger charge is 2.29. The van der Waals surface area contributed by atoms with Crippen LogP contribution in [-0.2, 0) is 11.3 Å². The van der Waals surface area contributed by atoms with Crippen LogP contribution in [0.25, 0.3) is 10.3 Å². The summed E-state index contributed by atoms with van der Waals surface area (Å²) in [6, 6.07) is 17.5. The van der Waals surface area contributed by atoms with Crippen LogP contribution < -0.4 is 15.8 Å². The molecule has 0 saturated heterocycles. The molecular weight excluding hydrogens is 422 g/mol. The van der Waals surface area contributed by atoms with Gasteiger partial charge in [0.15, 0.2) is 10.3 Å². The van der Waals surface area contributed by atoms with Crippen LogP contribution in [-0.4, -0.2) is 27.0 Å². The number of amides is 1. The van der Waals surface area contributed by atoms with Gasteiger partial charge in [-0.3, -0.25) is 14.2 Å². The van der Waals surface area contributed by atoms with Gasteiger partial charge >= 0.3 is 0 Å². The van der Waals surface area contributed by atoms with Crippen LogP contribution >= 0.6 is 11.3 Å². The number of aromatic nitrogens is 3. The lowest BCUT2D eigenvalue weighted by Crippen LogP contribution is -2.36. The Bertz CT molecular complexity index is 1330. The van der Waals surface area contributed by atoms with Gasteiger partial charge in [-0.15, -0.1) is 11.3 Å². The Labute approximate surface area is 189 Å². The van der Waals surface area contributed by atoms with Crippen molar-refractivity contribution in [3.63, 3.8) is 0 Å². The fraction of sp³-hybridized carbons (Fsp3) is 0.250. The van der Waals surface area contributed by atoms with E-state index in [1.807, 2.05) is 54.6 Å². The molecule has 5 rings (SSSR count). The normalized spacial score (nSPS) is 14.7. The van der Waals surface area contributed by atoms with E-state index in [1.54, 1.807) is 10.1 Å². The quantitative estimate of drug-likeness (QED) is 0.498. The van der Waals surface area contributed by atoms with Crippen molar-refractivity contribution < 1.29 is 4.79 Å². The van der Waals surface area contributed by atoms with E-state index in [0.29, 0.717) is 35.7 Å². The Kier molecular flexibility index (Phi) is 5.45. The number of para-hydroxylation sites is 2. The largest absolute Gasteiger partial charge is 0.359 e. The number of carbonyl (C=O) groups excluding carboxylic acids is 1. The summed E-state index contributed by atoms with van der Waals surface area (Å²) in [6.07, 6.45) is 1.10. The van der Waals surface area contributed by atoms with Gasteiger partial charge in [-0.25, -0.2) is 9.97 Å². The molecule has 0 bridgehead atoms. The molecular formula is C24H23N5O2S. The van der Waals surface area contributed by atoms with Gasteiger partial charge in [0.2, 0.25) is 5.91 Å². The zero-order valence-corrected chi connectivity index (χ0v) is 18.5. The van der Waals surface area contributed by atoms with E-state index in [9.17, 15) is 9.59 Å². The predicted molar refractivity (Wildman–Crippen MR) is 127 cm³/mol. The van der Waals surface area contributed by atoms with E-state index in [4.69, 9.17) is 4.98 Å². The summed E-state index contributed by atoms with van der Waals surface area (Å²) in [5, 5.41) is 3.00. The Morgan fingerprint density at radius 1 is 1.09 bits per heavy atom. The first kappa shape index (κ1) is 20.4. The van der Waals surface area contributed by atoms with Crippen molar-refractivity contribution in [2.45, 2.75) is 32.4 Å². The third-order valence-corrected chi connectivity index (χ3v) is 6.52. The molecule has 1 unspecified atom stereocenters. The summed E-state index contributed by atoms with van der Waals surface area (Å²) >= 11 is 1.37. The van der Waals surface area contributed by atoms with Gasteiger partial charge in [-0.05, 0) is 24.1 Å². The first-order valence-electron chi connectivity index (χ1n) is 10.7. The number of thiazole rings is 1. The molecule has 0 aliphatic carbocycles. The second kappa shape index (κ2) is 8.55. The summed E-state index contributed by atoms with van der Waals surface area (Å²) in [5.41, 5.74) is 4.68. The smallest absolute Gasteiger partial charge is 0.281 e. The Morgan fingerprint density at radius 2 is 1.88 bits per heavy atom. The second-order valence-electron chi connectivity index (χ2n) is 7.79. The number of nitrogens with one attached hydrogen (secondary N) is 1. The minimum absolute atomic E-state index is 0.0117. The molecule has 0 radical (unpaired) electrons. The maximum atomic E-state index is 13.5. The second-order valence-corrected chi connectivity index (χ2v) is 8.62. The third kappa shape index (κ3) is 3.67. The zero-order valence-electron chi connectivity index (χ0n) is 17.7. The number of benzene rings is 2. The minimum Gasteiger partial charge on any atom is -0.359 e. The van der Waals surface area contributed by atoms with Gasteiger partial charge in [0, 0.05) is 13.0 Å². The van der Waals surface area contributed by atoms with Gasteiger partial charge in [-0.1, -0.05) is 49.4 Å². The fourth-order valence-corrected chi connectivity index (χ4v) is 4.94. The molecule has 2 aromatic heterocycles. The van der Waals surface area contributed by atoms with E-state index < -0.39 is 0 Å². The summed E-state index contributed by atoms with van der Waals surface area (Å²) in [4.78, 5) is 37.8. The van der Waals surface area contributed by atoms with Crippen LogP contribution in [0.1, 0.15) is 37.2 Å². The summed E-state index contributed by atoms with van der Waals surface area (Å²) in [6.45, 7) is 3.05. The molecule has 1 aliphatic rings. The lowest BCUT2D eigenvalue weighted by molar-refractivity contribution is -0.116. The van der Waals surface area contributed by atoms with E-state index >= 15 is 0 Å².